The van der Waals surface area contributed by atoms with Gasteiger partial charge in [0.25, 0.3) is 0 Å². The van der Waals surface area contributed by atoms with Crippen molar-refractivity contribution in [3.63, 3.8) is 0 Å². The summed E-state index contributed by atoms with van der Waals surface area (Å²) in [5.74, 6) is 0.151. The summed E-state index contributed by atoms with van der Waals surface area (Å²) in [4.78, 5) is 37.5. The van der Waals surface area contributed by atoms with E-state index in [4.69, 9.17) is 18.8 Å². The minimum absolute atomic E-state index is 0.0513. The predicted octanol–water partition coefficient (Wildman–Crippen LogP) is 5.00. The number of hydrogen-bond donors (Lipinski definition) is 1. The van der Waals surface area contributed by atoms with Crippen LogP contribution in [0.15, 0.2) is 42.5 Å². The molecule has 3 saturated carbocycles. The summed E-state index contributed by atoms with van der Waals surface area (Å²) in [7, 11) is 0.850. The molecule has 5 unspecified atom stereocenters. The molecule has 2 aromatic rings. The predicted molar refractivity (Wildman–Crippen MR) is 159 cm³/mol. The Morgan fingerprint density at radius 3 is 2.45 bits per heavy atom. The number of esters is 1. The van der Waals surface area contributed by atoms with E-state index in [1.807, 2.05) is 26.8 Å². The Hall–Kier alpha value is -3.17. The van der Waals surface area contributed by atoms with Crippen molar-refractivity contribution >= 4 is 25.3 Å². The van der Waals surface area contributed by atoms with Crippen LogP contribution in [0.2, 0.25) is 0 Å². The second-order valence-electron chi connectivity index (χ2n) is 13.8. The quantitative estimate of drug-likeness (QED) is 0.255. The molecular weight excluding hydrogens is 533 g/mol. The summed E-state index contributed by atoms with van der Waals surface area (Å²) >= 11 is 0. The van der Waals surface area contributed by atoms with E-state index in [0.29, 0.717) is 35.1 Å². The molecule has 9 heteroatoms. The summed E-state index contributed by atoms with van der Waals surface area (Å²) in [6, 6.07) is 12.3. The number of methoxy groups -OCH3 is 1. The van der Waals surface area contributed by atoms with Gasteiger partial charge in [0, 0.05) is 5.56 Å². The molecule has 4 fully saturated rings. The fourth-order valence-corrected chi connectivity index (χ4v) is 7.16. The van der Waals surface area contributed by atoms with Crippen LogP contribution in [-0.4, -0.2) is 55.6 Å². The molecule has 1 aliphatic heterocycles. The van der Waals surface area contributed by atoms with Crippen molar-refractivity contribution in [2.45, 2.75) is 90.5 Å². The van der Waals surface area contributed by atoms with Gasteiger partial charge in [-0.15, -0.1) is 0 Å². The molecule has 224 valence electrons. The number of rotatable bonds is 9. The molecule has 0 radical (unpaired) electrons. The van der Waals surface area contributed by atoms with E-state index in [1.54, 1.807) is 36.4 Å². The Bertz CT molecular complexity index is 1350. The van der Waals surface area contributed by atoms with Crippen LogP contribution in [0.3, 0.4) is 0 Å². The van der Waals surface area contributed by atoms with E-state index in [1.165, 1.54) is 7.11 Å². The van der Waals surface area contributed by atoms with Gasteiger partial charge in [0.15, 0.2) is 0 Å². The number of amides is 1. The van der Waals surface area contributed by atoms with Crippen LogP contribution < -0.4 is 10.1 Å². The van der Waals surface area contributed by atoms with Crippen molar-refractivity contribution in [3.05, 3.63) is 64.7 Å². The van der Waals surface area contributed by atoms with Gasteiger partial charge in [-0.3, -0.25) is 9.59 Å². The summed E-state index contributed by atoms with van der Waals surface area (Å²) in [6.45, 7) is 12.2. The Labute approximate surface area is 249 Å². The highest BCUT2D eigenvalue weighted by Crippen LogP contribution is 2.65. The van der Waals surface area contributed by atoms with Gasteiger partial charge in [-0.2, -0.15) is 0 Å². The second kappa shape index (κ2) is 11.2. The number of hydrogen-bond acceptors (Lipinski definition) is 7. The topological polar surface area (TPSA) is 100 Å². The third kappa shape index (κ3) is 5.73. The monoisotopic (exact) mass is 575 g/mol. The maximum atomic E-state index is 13.4. The Morgan fingerprint density at radius 2 is 1.83 bits per heavy atom. The molecule has 1 N–H and O–H groups in total. The molecule has 0 aromatic heterocycles. The molecule has 3 aliphatic carbocycles. The number of carbonyl (C=O) groups is 3. The number of nitrogens with one attached hydrogen (secondary N) is 1. The Balaban J connectivity index is 1.42. The van der Waals surface area contributed by atoms with Crippen molar-refractivity contribution in [1.82, 2.24) is 5.32 Å². The molecule has 8 nitrogen and oxygen atoms in total. The van der Waals surface area contributed by atoms with E-state index in [9.17, 15) is 14.4 Å². The summed E-state index contributed by atoms with van der Waals surface area (Å²) in [6.07, 6.45) is 3.23. The van der Waals surface area contributed by atoms with Crippen molar-refractivity contribution in [1.29, 1.82) is 0 Å². The molecule has 2 bridgehead atoms. The first-order chi connectivity index (χ1) is 19.7. The number of ether oxygens (including phenoxy) is 2. The number of para-hydroxylation sites is 1. The number of aldehydes is 1. The molecule has 1 saturated heterocycles. The molecule has 42 heavy (non-hydrogen) atoms. The molecule has 1 heterocycles. The summed E-state index contributed by atoms with van der Waals surface area (Å²) < 4.78 is 24.7. The SMILES string of the molecule is COc1c(CC(NC(=O)Cc2ccc(C=O)cc2)B2OC3CC4CC(C4(C)C)C3(C)O2)cccc1C(=O)OC(C)(C)C. The third-order valence-electron chi connectivity index (χ3n) is 9.48. The lowest BCUT2D eigenvalue weighted by Gasteiger charge is -2.64. The molecular formula is C33H42BNO7. The van der Waals surface area contributed by atoms with Gasteiger partial charge in [-0.25, -0.2) is 4.79 Å². The van der Waals surface area contributed by atoms with Gasteiger partial charge in [0.1, 0.15) is 23.2 Å². The lowest BCUT2D eigenvalue weighted by atomic mass is 9.43. The van der Waals surface area contributed by atoms with E-state index in [-0.39, 0.29) is 23.8 Å². The van der Waals surface area contributed by atoms with E-state index in [2.05, 4.69) is 26.1 Å². The fraction of sp³-hybridized carbons (Fsp3) is 0.545. The van der Waals surface area contributed by atoms with Crippen LogP contribution in [0.25, 0.3) is 0 Å². The first kappa shape index (κ1) is 30.3. The smallest absolute Gasteiger partial charge is 0.482 e. The maximum absolute atomic E-state index is 13.4. The van der Waals surface area contributed by atoms with Gasteiger partial charge in [-0.05, 0) is 81.4 Å². The van der Waals surface area contributed by atoms with Crippen molar-refractivity contribution in [2.75, 3.05) is 7.11 Å². The van der Waals surface area contributed by atoms with E-state index in [0.717, 1.165) is 30.3 Å². The Morgan fingerprint density at radius 1 is 1.12 bits per heavy atom. The van der Waals surface area contributed by atoms with Gasteiger partial charge >= 0.3 is 13.1 Å². The fourth-order valence-electron chi connectivity index (χ4n) is 7.16. The van der Waals surface area contributed by atoms with Crippen LogP contribution >= 0.6 is 0 Å². The number of carbonyl (C=O) groups excluding carboxylic acids is 3. The van der Waals surface area contributed by atoms with Gasteiger partial charge in [0.05, 0.1) is 31.2 Å². The summed E-state index contributed by atoms with van der Waals surface area (Å²) in [5.41, 5.74) is 1.47. The third-order valence-corrected chi connectivity index (χ3v) is 9.48. The van der Waals surface area contributed by atoms with Crippen molar-refractivity contribution in [3.8, 4) is 5.75 Å². The normalized spacial score (nSPS) is 26.5. The first-order valence-electron chi connectivity index (χ1n) is 14.8. The Kier molecular flexibility index (Phi) is 8.05. The van der Waals surface area contributed by atoms with Crippen LogP contribution in [0.1, 0.15) is 86.2 Å². The van der Waals surface area contributed by atoms with Crippen LogP contribution in [0.4, 0.5) is 0 Å². The summed E-state index contributed by atoms with van der Waals surface area (Å²) in [5, 5.41) is 3.17. The average Bonchev–Trinajstić information content (AvgIpc) is 3.29. The molecule has 6 rings (SSSR count). The minimum atomic E-state index is -0.675. The molecule has 4 aliphatic rings. The van der Waals surface area contributed by atoms with E-state index >= 15 is 0 Å². The average molecular weight is 576 g/mol. The van der Waals surface area contributed by atoms with Gasteiger partial charge < -0.3 is 24.1 Å². The minimum Gasteiger partial charge on any atom is -0.496 e. The lowest BCUT2D eigenvalue weighted by molar-refractivity contribution is -0.199. The number of benzene rings is 2. The highest BCUT2D eigenvalue weighted by atomic mass is 16.7. The zero-order valence-corrected chi connectivity index (χ0v) is 25.7. The lowest BCUT2D eigenvalue weighted by Crippen LogP contribution is -2.65. The largest absolute Gasteiger partial charge is 0.496 e. The highest BCUT2D eigenvalue weighted by molar-refractivity contribution is 6.48. The van der Waals surface area contributed by atoms with Crippen molar-refractivity contribution in [2.24, 2.45) is 17.3 Å². The first-order valence-corrected chi connectivity index (χ1v) is 14.8. The zero-order chi connectivity index (χ0) is 30.4. The molecule has 5 atom stereocenters. The zero-order valence-electron chi connectivity index (χ0n) is 25.7. The highest BCUT2D eigenvalue weighted by Gasteiger charge is 2.68. The van der Waals surface area contributed by atoms with Crippen LogP contribution in [0.5, 0.6) is 5.75 Å². The van der Waals surface area contributed by atoms with Gasteiger partial charge in [-0.1, -0.05) is 50.2 Å². The maximum Gasteiger partial charge on any atom is 0.482 e. The van der Waals surface area contributed by atoms with E-state index < -0.39 is 30.2 Å². The van der Waals surface area contributed by atoms with Crippen LogP contribution in [0, 0.1) is 17.3 Å². The van der Waals surface area contributed by atoms with Crippen molar-refractivity contribution < 1.29 is 33.2 Å². The van der Waals surface area contributed by atoms with Gasteiger partial charge in [0.2, 0.25) is 5.91 Å². The second-order valence-corrected chi connectivity index (χ2v) is 13.8. The molecule has 0 spiro atoms. The molecule has 2 aromatic carbocycles. The van der Waals surface area contributed by atoms with Crippen LogP contribution in [-0.2, 0) is 31.7 Å². The standard InChI is InChI=1S/C33H42BNO7/c1-31(2,3)40-30(38)24-10-8-9-22(29(24)39-7)16-27(35-28(37)15-20-11-13-21(19-36)14-12-20)34-41-26-18-23-17-25(32(23,4)5)33(26,6)42-34/h8-14,19,23,25-27H,15-18H2,1-7H3,(H,35,37). The molecule has 1 amide bonds.